The maximum Gasteiger partial charge on any atom is 0.267 e. The van der Waals surface area contributed by atoms with Gasteiger partial charge in [0.2, 0.25) is 11.8 Å². The number of hydrogen-bond donors (Lipinski definition) is 1. The van der Waals surface area contributed by atoms with Crippen molar-refractivity contribution in [1.29, 1.82) is 0 Å². The zero-order chi connectivity index (χ0) is 16.5. The van der Waals surface area contributed by atoms with Gasteiger partial charge >= 0.3 is 0 Å². The standard InChI is InChI=1S/C16H19N5O3/c1-23-14-6-7-17-16(19-14)18-12-8-24-9-13(12)21-15(22)5-4-11(20-21)10-2-3-10/h4-7,10,12-13H,2-3,8-9H2,1H3,(H,17,18,19). The number of hydrogen-bond acceptors (Lipinski definition) is 7. The molecule has 1 N–H and O–H groups in total. The van der Waals surface area contributed by atoms with Crippen molar-refractivity contribution in [3.63, 3.8) is 0 Å². The summed E-state index contributed by atoms with van der Waals surface area (Å²) in [5, 5.41) is 7.79. The van der Waals surface area contributed by atoms with E-state index in [1.165, 1.54) is 0 Å². The van der Waals surface area contributed by atoms with Gasteiger partial charge in [0.05, 0.1) is 32.1 Å². The first kappa shape index (κ1) is 15.1. The zero-order valence-electron chi connectivity index (χ0n) is 13.4. The molecule has 8 nitrogen and oxygen atoms in total. The summed E-state index contributed by atoms with van der Waals surface area (Å²) in [5.74, 6) is 1.42. The second kappa shape index (κ2) is 6.20. The van der Waals surface area contributed by atoms with Crippen LogP contribution in [0.15, 0.2) is 29.2 Å². The van der Waals surface area contributed by atoms with Gasteiger partial charge in [0.25, 0.3) is 5.56 Å². The Morgan fingerprint density at radius 1 is 1.29 bits per heavy atom. The molecule has 4 rings (SSSR count). The topological polar surface area (TPSA) is 91.2 Å². The van der Waals surface area contributed by atoms with Crippen LogP contribution in [-0.4, -0.2) is 46.1 Å². The van der Waals surface area contributed by atoms with Gasteiger partial charge in [0, 0.05) is 24.2 Å². The van der Waals surface area contributed by atoms with Crippen molar-refractivity contribution in [3.05, 3.63) is 40.4 Å². The molecule has 126 valence electrons. The van der Waals surface area contributed by atoms with Crippen LogP contribution in [0.25, 0.3) is 0 Å². The molecular formula is C16H19N5O3. The van der Waals surface area contributed by atoms with Crippen molar-refractivity contribution in [2.24, 2.45) is 0 Å². The number of rotatable bonds is 5. The van der Waals surface area contributed by atoms with Crippen molar-refractivity contribution in [3.8, 4) is 5.88 Å². The molecule has 0 radical (unpaired) electrons. The number of nitrogens with zero attached hydrogens (tertiary/aromatic N) is 4. The highest BCUT2D eigenvalue weighted by Gasteiger charge is 2.33. The highest BCUT2D eigenvalue weighted by Crippen LogP contribution is 2.38. The van der Waals surface area contributed by atoms with Gasteiger partial charge in [0.1, 0.15) is 6.04 Å². The average Bonchev–Trinajstić information content (AvgIpc) is 3.36. The first-order valence-corrected chi connectivity index (χ1v) is 8.05. The maximum absolute atomic E-state index is 12.3. The van der Waals surface area contributed by atoms with E-state index >= 15 is 0 Å². The fourth-order valence-corrected chi connectivity index (χ4v) is 2.89. The zero-order valence-corrected chi connectivity index (χ0v) is 13.4. The summed E-state index contributed by atoms with van der Waals surface area (Å²) in [6, 6.07) is 4.79. The lowest BCUT2D eigenvalue weighted by molar-refractivity contribution is 0.182. The molecule has 2 aromatic heterocycles. The molecule has 2 atom stereocenters. The quantitative estimate of drug-likeness (QED) is 0.874. The predicted octanol–water partition coefficient (Wildman–Crippen LogP) is 0.971. The van der Waals surface area contributed by atoms with E-state index in [4.69, 9.17) is 9.47 Å². The summed E-state index contributed by atoms with van der Waals surface area (Å²) < 4.78 is 12.2. The largest absolute Gasteiger partial charge is 0.481 e. The molecule has 2 aliphatic rings. The Kier molecular flexibility index (Phi) is 3.89. The Labute approximate surface area is 138 Å². The van der Waals surface area contributed by atoms with E-state index in [1.807, 2.05) is 6.07 Å². The fraction of sp³-hybridized carbons (Fsp3) is 0.500. The van der Waals surface area contributed by atoms with E-state index in [0.29, 0.717) is 31.0 Å². The lowest BCUT2D eigenvalue weighted by Gasteiger charge is -2.20. The number of anilines is 1. The summed E-state index contributed by atoms with van der Waals surface area (Å²) in [5.41, 5.74) is 0.867. The number of aromatic nitrogens is 4. The summed E-state index contributed by atoms with van der Waals surface area (Å²) in [6.07, 6.45) is 3.91. The van der Waals surface area contributed by atoms with Gasteiger partial charge in [-0.25, -0.2) is 9.67 Å². The van der Waals surface area contributed by atoms with Gasteiger partial charge in [-0.15, -0.1) is 0 Å². The fourth-order valence-electron chi connectivity index (χ4n) is 2.89. The molecule has 0 bridgehead atoms. The van der Waals surface area contributed by atoms with Crippen molar-refractivity contribution < 1.29 is 9.47 Å². The minimum atomic E-state index is -0.189. The normalized spacial score (nSPS) is 23.2. The Hall–Kier alpha value is -2.48. The molecule has 2 unspecified atom stereocenters. The Bertz CT molecular complexity index is 789. The van der Waals surface area contributed by atoms with E-state index < -0.39 is 0 Å². The van der Waals surface area contributed by atoms with Crippen LogP contribution in [0.4, 0.5) is 5.95 Å². The van der Waals surface area contributed by atoms with Crippen LogP contribution in [0.5, 0.6) is 5.88 Å². The molecular weight excluding hydrogens is 310 g/mol. The third kappa shape index (κ3) is 2.96. The smallest absolute Gasteiger partial charge is 0.267 e. The van der Waals surface area contributed by atoms with Crippen LogP contribution in [0.1, 0.15) is 30.5 Å². The third-order valence-electron chi connectivity index (χ3n) is 4.36. The second-order valence-corrected chi connectivity index (χ2v) is 6.09. The molecule has 24 heavy (non-hydrogen) atoms. The lowest BCUT2D eigenvalue weighted by atomic mass is 10.1. The SMILES string of the molecule is COc1ccnc(NC2COCC2n2nc(C3CC3)ccc2=O)n1. The van der Waals surface area contributed by atoms with Gasteiger partial charge < -0.3 is 14.8 Å². The molecule has 2 fully saturated rings. The van der Waals surface area contributed by atoms with Gasteiger partial charge in [-0.1, -0.05) is 0 Å². The number of ether oxygens (including phenoxy) is 2. The van der Waals surface area contributed by atoms with Crippen LogP contribution in [-0.2, 0) is 4.74 Å². The first-order chi connectivity index (χ1) is 11.7. The molecule has 0 spiro atoms. The van der Waals surface area contributed by atoms with Crippen LogP contribution in [0.2, 0.25) is 0 Å². The maximum atomic E-state index is 12.3. The molecule has 2 aromatic rings. The van der Waals surface area contributed by atoms with Gasteiger partial charge in [0.15, 0.2) is 0 Å². The van der Waals surface area contributed by atoms with E-state index in [2.05, 4.69) is 20.4 Å². The number of methoxy groups -OCH3 is 1. The van der Waals surface area contributed by atoms with Gasteiger partial charge in [-0.3, -0.25) is 4.79 Å². The number of nitrogens with one attached hydrogen (secondary N) is 1. The minimum Gasteiger partial charge on any atom is -0.481 e. The van der Waals surface area contributed by atoms with E-state index in [0.717, 1.165) is 18.5 Å². The Morgan fingerprint density at radius 2 is 2.17 bits per heavy atom. The molecule has 3 heterocycles. The monoisotopic (exact) mass is 329 g/mol. The van der Waals surface area contributed by atoms with Gasteiger partial charge in [-0.05, 0) is 18.9 Å². The molecule has 0 aromatic carbocycles. The van der Waals surface area contributed by atoms with E-state index in [-0.39, 0.29) is 17.6 Å². The second-order valence-electron chi connectivity index (χ2n) is 6.09. The van der Waals surface area contributed by atoms with Crippen LogP contribution >= 0.6 is 0 Å². The third-order valence-corrected chi connectivity index (χ3v) is 4.36. The van der Waals surface area contributed by atoms with Crippen LogP contribution < -0.4 is 15.6 Å². The lowest BCUT2D eigenvalue weighted by Crippen LogP contribution is -2.37. The van der Waals surface area contributed by atoms with Crippen molar-refractivity contribution >= 4 is 5.95 Å². The molecule has 1 aliphatic carbocycles. The van der Waals surface area contributed by atoms with Crippen LogP contribution in [0, 0.1) is 0 Å². The summed E-state index contributed by atoms with van der Waals surface area (Å²) in [7, 11) is 1.56. The first-order valence-electron chi connectivity index (χ1n) is 8.05. The predicted molar refractivity (Wildman–Crippen MR) is 86.3 cm³/mol. The highest BCUT2D eigenvalue weighted by atomic mass is 16.5. The summed E-state index contributed by atoms with van der Waals surface area (Å²) in [6.45, 7) is 0.898. The van der Waals surface area contributed by atoms with Gasteiger partial charge in [-0.2, -0.15) is 10.1 Å². The van der Waals surface area contributed by atoms with Crippen LogP contribution in [0.3, 0.4) is 0 Å². The summed E-state index contributed by atoms with van der Waals surface area (Å²) >= 11 is 0. The average molecular weight is 329 g/mol. The molecule has 1 saturated carbocycles. The summed E-state index contributed by atoms with van der Waals surface area (Å²) in [4.78, 5) is 20.7. The Morgan fingerprint density at radius 3 is 2.96 bits per heavy atom. The van der Waals surface area contributed by atoms with Crippen molar-refractivity contribution in [1.82, 2.24) is 19.7 Å². The minimum absolute atomic E-state index is 0.117. The van der Waals surface area contributed by atoms with Crippen molar-refractivity contribution in [2.45, 2.75) is 30.8 Å². The molecule has 1 aliphatic heterocycles. The molecule has 1 saturated heterocycles. The van der Waals surface area contributed by atoms with Crippen molar-refractivity contribution in [2.75, 3.05) is 25.6 Å². The molecule has 8 heteroatoms. The van der Waals surface area contributed by atoms with E-state index in [1.54, 1.807) is 30.1 Å². The Balaban J connectivity index is 1.58. The highest BCUT2D eigenvalue weighted by molar-refractivity contribution is 5.30. The van der Waals surface area contributed by atoms with E-state index in [9.17, 15) is 4.79 Å². The molecule has 0 amide bonds.